The molecule has 1 aromatic heterocycles. The van der Waals surface area contributed by atoms with E-state index in [1.54, 1.807) is 0 Å². The van der Waals surface area contributed by atoms with Gasteiger partial charge in [-0.1, -0.05) is 29.8 Å². The smallest absolute Gasteiger partial charge is 0.226 e. The summed E-state index contributed by atoms with van der Waals surface area (Å²) in [6, 6.07) is 14.4. The maximum Gasteiger partial charge on any atom is 0.226 e. The van der Waals surface area contributed by atoms with Crippen molar-refractivity contribution in [3.05, 3.63) is 89.8 Å². The third-order valence-electron chi connectivity index (χ3n) is 4.00. The number of anilines is 1. The van der Waals surface area contributed by atoms with E-state index in [1.807, 2.05) is 60.3 Å². The lowest BCUT2D eigenvalue weighted by atomic mass is 10.0. The number of benzene rings is 2. The summed E-state index contributed by atoms with van der Waals surface area (Å²) in [6.07, 6.45) is 3.86. The molecule has 1 N–H and O–H groups in total. The summed E-state index contributed by atoms with van der Waals surface area (Å²) in [5.41, 5.74) is 1.91. The first kappa shape index (κ1) is 16.9. The zero-order valence-electron chi connectivity index (χ0n) is 13.7. The lowest BCUT2D eigenvalue weighted by molar-refractivity contribution is -0.116. The van der Waals surface area contributed by atoms with Crippen LogP contribution in [0.4, 0.5) is 14.5 Å². The van der Waals surface area contributed by atoms with E-state index in [2.05, 4.69) is 5.32 Å². The average molecular weight is 340 g/mol. The van der Waals surface area contributed by atoms with Gasteiger partial charge in [-0.05, 0) is 36.8 Å². The van der Waals surface area contributed by atoms with Crippen LogP contribution in [0.15, 0.2) is 67.0 Å². The number of nitrogens with one attached hydrogen (secondary N) is 1. The summed E-state index contributed by atoms with van der Waals surface area (Å²) in [5.74, 6) is -1.65. The van der Waals surface area contributed by atoms with Crippen LogP contribution in [0.25, 0.3) is 0 Å². The number of rotatable bonds is 5. The first-order valence-electron chi connectivity index (χ1n) is 7.97. The molecule has 3 nitrogen and oxygen atoms in total. The zero-order valence-corrected chi connectivity index (χ0v) is 13.7. The van der Waals surface area contributed by atoms with E-state index in [0.717, 1.165) is 29.3 Å². The second kappa shape index (κ2) is 7.30. The number of amides is 1. The fraction of sp³-hybridized carbons (Fsp3) is 0.150. The lowest BCUT2D eigenvalue weighted by Gasteiger charge is -2.20. The SMILES string of the molecule is Cc1cccc([C@@H](CC(=O)Nc2cc(F)ccc2F)n2cccc2)c1. The van der Waals surface area contributed by atoms with Gasteiger partial charge in [-0.25, -0.2) is 8.78 Å². The van der Waals surface area contributed by atoms with E-state index in [4.69, 9.17) is 0 Å². The Morgan fingerprint density at radius 1 is 1.08 bits per heavy atom. The molecule has 0 radical (unpaired) electrons. The normalized spacial score (nSPS) is 12.0. The average Bonchev–Trinajstić information content (AvgIpc) is 3.10. The van der Waals surface area contributed by atoms with Crippen LogP contribution in [0, 0.1) is 18.6 Å². The van der Waals surface area contributed by atoms with Crippen molar-refractivity contribution in [2.24, 2.45) is 0 Å². The molecule has 1 heterocycles. The molecule has 3 rings (SSSR count). The van der Waals surface area contributed by atoms with Gasteiger partial charge in [0.25, 0.3) is 0 Å². The van der Waals surface area contributed by atoms with Gasteiger partial charge in [0.15, 0.2) is 0 Å². The molecule has 3 aromatic rings. The molecule has 5 heteroatoms. The molecule has 0 saturated heterocycles. The Bertz CT molecular complexity index is 875. The standard InChI is InChI=1S/C20H18F2N2O/c1-14-5-4-6-15(11-14)19(24-9-2-3-10-24)13-20(25)23-18-12-16(21)7-8-17(18)22/h2-12,19H,13H2,1H3,(H,23,25)/t19-/m1/s1. The molecule has 0 aliphatic rings. The van der Waals surface area contributed by atoms with Gasteiger partial charge < -0.3 is 9.88 Å². The predicted molar refractivity (Wildman–Crippen MR) is 93.4 cm³/mol. The third kappa shape index (κ3) is 4.12. The number of aryl methyl sites for hydroxylation is 1. The van der Waals surface area contributed by atoms with Crippen LogP contribution in [-0.4, -0.2) is 10.5 Å². The van der Waals surface area contributed by atoms with E-state index < -0.39 is 11.6 Å². The highest BCUT2D eigenvalue weighted by Crippen LogP contribution is 2.24. The summed E-state index contributed by atoms with van der Waals surface area (Å²) in [4.78, 5) is 12.4. The Morgan fingerprint density at radius 2 is 1.84 bits per heavy atom. The molecule has 0 unspecified atom stereocenters. The van der Waals surface area contributed by atoms with Crippen molar-refractivity contribution in [3.8, 4) is 0 Å². The first-order valence-corrected chi connectivity index (χ1v) is 7.97. The molecule has 0 aliphatic carbocycles. The van der Waals surface area contributed by atoms with Crippen LogP contribution in [0.2, 0.25) is 0 Å². The molecular formula is C20H18F2N2O. The van der Waals surface area contributed by atoms with Crippen molar-refractivity contribution < 1.29 is 13.6 Å². The number of nitrogens with zero attached hydrogens (tertiary/aromatic N) is 1. The van der Waals surface area contributed by atoms with Crippen molar-refractivity contribution in [1.82, 2.24) is 4.57 Å². The summed E-state index contributed by atoms with van der Waals surface area (Å²) >= 11 is 0. The van der Waals surface area contributed by atoms with Crippen LogP contribution in [-0.2, 0) is 4.79 Å². The van der Waals surface area contributed by atoms with Gasteiger partial charge in [0, 0.05) is 18.5 Å². The number of carbonyl (C=O) groups is 1. The van der Waals surface area contributed by atoms with Gasteiger partial charge in [-0.2, -0.15) is 0 Å². The number of carbonyl (C=O) groups excluding carboxylic acids is 1. The van der Waals surface area contributed by atoms with E-state index in [-0.39, 0.29) is 24.1 Å². The molecule has 0 spiro atoms. The van der Waals surface area contributed by atoms with Crippen molar-refractivity contribution >= 4 is 11.6 Å². The Hall–Kier alpha value is -2.95. The summed E-state index contributed by atoms with van der Waals surface area (Å²) in [7, 11) is 0. The molecule has 0 aliphatic heterocycles. The van der Waals surface area contributed by atoms with Gasteiger partial charge in [-0.3, -0.25) is 4.79 Å². The van der Waals surface area contributed by atoms with Gasteiger partial charge >= 0.3 is 0 Å². The van der Waals surface area contributed by atoms with Gasteiger partial charge in [0.1, 0.15) is 11.6 Å². The summed E-state index contributed by atoms with van der Waals surface area (Å²) in [6.45, 7) is 1.98. The van der Waals surface area contributed by atoms with E-state index >= 15 is 0 Å². The highest BCUT2D eigenvalue weighted by molar-refractivity contribution is 5.91. The minimum atomic E-state index is -0.664. The highest BCUT2D eigenvalue weighted by atomic mass is 19.1. The van der Waals surface area contributed by atoms with Gasteiger partial charge in [0.05, 0.1) is 18.2 Å². The van der Waals surface area contributed by atoms with Crippen LogP contribution < -0.4 is 5.32 Å². The molecule has 0 fully saturated rings. The van der Waals surface area contributed by atoms with Crippen molar-refractivity contribution in [2.45, 2.75) is 19.4 Å². The molecule has 1 atom stereocenters. The van der Waals surface area contributed by atoms with Crippen LogP contribution in [0.3, 0.4) is 0 Å². The summed E-state index contributed by atoms with van der Waals surface area (Å²) < 4.78 is 28.9. The number of halogens is 2. The topological polar surface area (TPSA) is 34.0 Å². The Morgan fingerprint density at radius 3 is 2.56 bits per heavy atom. The fourth-order valence-electron chi connectivity index (χ4n) is 2.80. The van der Waals surface area contributed by atoms with Crippen molar-refractivity contribution in [2.75, 3.05) is 5.32 Å². The van der Waals surface area contributed by atoms with Gasteiger partial charge in [0.2, 0.25) is 5.91 Å². The number of hydrogen-bond donors (Lipinski definition) is 1. The maximum atomic E-state index is 13.7. The third-order valence-corrected chi connectivity index (χ3v) is 4.00. The highest BCUT2D eigenvalue weighted by Gasteiger charge is 2.18. The molecule has 25 heavy (non-hydrogen) atoms. The van der Waals surface area contributed by atoms with Crippen LogP contribution in [0.1, 0.15) is 23.6 Å². The molecule has 1 amide bonds. The Labute approximate surface area is 144 Å². The largest absolute Gasteiger partial charge is 0.346 e. The van der Waals surface area contributed by atoms with E-state index in [9.17, 15) is 13.6 Å². The Kier molecular flexibility index (Phi) is 4.93. The fourth-order valence-corrected chi connectivity index (χ4v) is 2.80. The number of hydrogen-bond acceptors (Lipinski definition) is 1. The second-order valence-corrected chi connectivity index (χ2v) is 5.94. The minimum absolute atomic E-state index is 0.105. The maximum absolute atomic E-state index is 13.7. The van der Waals surface area contributed by atoms with Gasteiger partial charge in [-0.15, -0.1) is 0 Å². The Balaban J connectivity index is 1.83. The zero-order chi connectivity index (χ0) is 17.8. The first-order chi connectivity index (χ1) is 12.0. The van der Waals surface area contributed by atoms with E-state index in [0.29, 0.717) is 0 Å². The van der Waals surface area contributed by atoms with Crippen LogP contribution in [0.5, 0.6) is 0 Å². The van der Waals surface area contributed by atoms with E-state index in [1.165, 1.54) is 0 Å². The monoisotopic (exact) mass is 340 g/mol. The quantitative estimate of drug-likeness (QED) is 0.718. The molecule has 128 valence electrons. The number of aromatic nitrogens is 1. The molecule has 0 saturated carbocycles. The molecular weight excluding hydrogens is 322 g/mol. The summed E-state index contributed by atoms with van der Waals surface area (Å²) in [5, 5.41) is 2.46. The predicted octanol–water partition coefficient (Wildman–Crippen LogP) is 4.69. The van der Waals surface area contributed by atoms with Crippen molar-refractivity contribution in [3.63, 3.8) is 0 Å². The lowest BCUT2D eigenvalue weighted by Crippen LogP contribution is -2.20. The molecule has 2 aromatic carbocycles. The molecule has 0 bridgehead atoms. The second-order valence-electron chi connectivity index (χ2n) is 5.94. The minimum Gasteiger partial charge on any atom is -0.346 e. The van der Waals surface area contributed by atoms with Crippen LogP contribution >= 0.6 is 0 Å². The van der Waals surface area contributed by atoms with Crippen molar-refractivity contribution in [1.29, 1.82) is 0 Å².